The Kier molecular flexibility index (Phi) is 8.48. The van der Waals surface area contributed by atoms with Gasteiger partial charge < -0.3 is 20.1 Å². The molecule has 0 bridgehead atoms. The van der Waals surface area contributed by atoms with Crippen LogP contribution in [0.3, 0.4) is 0 Å². The zero-order chi connectivity index (χ0) is 26.2. The number of alkyl halides is 2. The third-order valence-electron chi connectivity index (χ3n) is 5.48. The number of anilines is 3. The van der Waals surface area contributed by atoms with E-state index in [1.165, 1.54) is 36.7 Å². The molecule has 1 fully saturated rings. The Morgan fingerprint density at radius 2 is 2.00 bits per heavy atom. The van der Waals surface area contributed by atoms with Gasteiger partial charge in [0.1, 0.15) is 11.9 Å². The van der Waals surface area contributed by atoms with Crippen molar-refractivity contribution in [2.45, 2.75) is 38.4 Å². The number of amides is 1. The lowest BCUT2D eigenvalue weighted by molar-refractivity contribution is -0.111. The van der Waals surface area contributed by atoms with E-state index in [-0.39, 0.29) is 29.1 Å². The number of nitrogens with one attached hydrogen (secondary N) is 2. The van der Waals surface area contributed by atoms with E-state index >= 15 is 0 Å². The number of nitriles is 1. The number of pyridine rings is 2. The van der Waals surface area contributed by atoms with Gasteiger partial charge in [-0.15, -0.1) is 0 Å². The molecule has 0 aliphatic heterocycles. The Morgan fingerprint density at radius 1 is 1.19 bits per heavy atom. The van der Waals surface area contributed by atoms with Gasteiger partial charge in [-0.25, -0.2) is 9.97 Å². The fourth-order valence-electron chi connectivity index (χ4n) is 3.78. The molecule has 1 aromatic carbocycles. The van der Waals surface area contributed by atoms with Gasteiger partial charge in [0.15, 0.2) is 17.3 Å². The number of para-hydroxylation sites is 1. The van der Waals surface area contributed by atoms with Crippen LogP contribution in [0.15, 0.2) is 54.9 Å². The molecule has 1 aliphatic rings. The van der Waals surface area contributed by atoms with Crippen LogP contribution in [-0.2, 0) is 4.79 Å². The Hall–Kier alpha value is -4.23. The molecule has 1 saturated carbocycles. The summed E-state index contributed by atoms with van der Waals surface area (Å²) in [7, 11) is 0. The van der Waals surface area contributed by atoms with Crippen LogP contribution in [0, 0.1) is 11.3 Å². The highest BCUT2D eigenvalue weighted by molar-refractivity contribution is 6.31. The third kappa shape index (κ3) is 7.15. The van der Waals surface area contributed by atoms with Crippen molar-refractivity contribution in [2.24, 2.45) is 0 Å². The summed E-state index contributed by atoms with van der Waals surface area (Å²) in [5.74, 6) is 0.236. The molecule has 2 N–H and O–H groups in total. The van der Waals surface area contributed by atoms with Crippen molar-refractivity contribution >= 4 is 40.9 Å². The summed E-state index contributed by atoms with van der Waals surface area (Å²) >= 11 is 6.07. The summed E-state index contributed by atoms with van der Waals surface area (Å²) in [6.07, 6.45) is 9.03. The molecule has 190 valence electrons. The fraction of sp³-hybridized carbons (Fsp3) is 0.231. The summed E-state index contributed by atoms with van der Waals surface area (Å²) in [6, 6.07) is 11.3. The van der Waals surface area contributed by atoms with Crippen LogP contribution >= 0.6 is 11.6 Å². The minimum absolute atomic E-state index is 0.0927. The zero-order valence-corrected chi connectivity index (χ0v) is 20.2. The Bertz CT molecular complexity index is 1320. The molecule has 2 aromatic heterocycles. The predicted octanol–water partition coefficient (Wildman–Crippen LogP) is 6.32. The van der Waals surface area contributed by atoms with Gasteiger partial charge in [0.05, 0.1) is 22.4 Å². The van der Waals surface area contributed by atoms with Crippen molar-refractivity contribution < 1.29 is 23.0 Å². The molecular formula is C26H22ClF2N5O3. The fourth-order valence-corrected chi connectivity index (χ4v) is 3.94. The number of benzene rings is 1. The van der Waals surface area contributed by atoms with Gasteiger partial charge in [0.2, 0.25) is 5.91 Å². The molecule has 1 aliphatic carbocycles. The number of halogens is 3. The van der Waals surface area contributed by atoms with Crippen LogP contribution in [-0.4, -0.2) is 28.6 Å². The second-order valence-electron chi connectivity index (χ2n) is 8.12. The molecule has 4 rings (SSSR count). The van der Waals surface area contributed by atoms with Crippen molar-refractivity contribution in [3.8, 4) is 17.6 Å². The SMILES string of the molecule is N#Cc1ccc(Nc2ncc(Cl)cc2NC(=O)C=Cc2cccc(OC(F)F)c2OC2CCCC2)nc1. The highest BCUT2D eigenvalue weighted by Gasteiger charge is 2.21. The van der Waals surface area contributed by atoms with Crippen LogP contribution in [0.5, 0.6) is 11.5 Å². The molecule has 0 atom stereocenters. The Balaban J connectivity index is 1.53. The smallest absolute Gasteiger partial charge is 0.387 e. The molecule has 0 unspecified atom stereocenters. The molecule has 1 amide bonds. The maximum atomic E-state index is 13.0. The lowest BCUT2D eigenvalue weighted by atomic mass is 10.1. The highest BCUT2D eigenvalue weighted by Crippen LogP contribution is 2.36. The first-order chi connectivity index (χ1) is 17.9. The molecule has 2 heterocycles. The van der Waals surface area contributed by atoms with Gasteiger partial charge in [-0.3, -0.25) is 4.79 Å². The third-order valence-corrected chi connectivity index (χ3v) is 5.68. The number of nitrogens with zero attached hydrogens (tertiary/aromatic N) is 3. The van der Waals surface area contributed by atoms with E-state index in [0.29, 0.717) is 22.0 Å². The average Bonchev–Trinajstić information content (AvgIpc) is 3.39. The van der Waals surface area contributed by atoms with E-state index in [9.17, 15) is 13.6 Å². The van der Waals surface area contributed by atoms with Crippen molar-refractivity contribution in [3.05, 3.63) is 71.0 Å². The highest BCUT2D eigenvalue weighted by atomic mass is 35.5. The summed E-state index contributed by atoms with van der Waals surface area (Å²) in [6.45, 7) is -3.01. The van der Waals surface area contributed by atoms with Gasteiger partial charge in [0, 0.05) is 24.0 Å². The van der Waals surface area contributed by atoms with Gasteiger partial charge >= 0.3 is 6.61 Å². The average molecular weight is 526 g/mol. The maximum absolute atomic E-state index is 13.0. The second-order valence-corrected chi connectivity index (χ2v) is 8.55. The van der Waals surface area contributed by atoms with Gasteiger partial charge in [0.25, 0.3) is 0 Å². The van der Waals surface area contributed by atoms with Crippen molar-refractivity contribution in [1.82, 2.24) is 9.97 Å². The number of hydrogen-bond acceptors (Lipinski definition) is 7. The van der Waals surface area contributed by atoms with Crippen molar-refractivity contribution in [1.29, 1.82) is 5.26 Å². The minimum Gasteiger partial charge on any atom is -0.486 e. The summed E-state index contributed by atoms with van der Waals surface area (Å²) < 4.78 is 36.6. The molecule has 8 nitrogen and oxygen atoms in total. The summed E-state index contributed by atoms with van der Waals surface area (Å²) in [5.41, 5.74) is 1.10. The number of rotatable bonds is 9. The topological polar surface area (TPSA) is 109 Å². The van der Waals surface area contributed by atoms with E-state index in [0.717, 1.165) is 25.7 Å². The van der Waals surface area contributed by atoms with Crippen LogP contribution in [0.4, 0.5) is 26.1 Å². The predicted molar refractivity (Wildman–Crippen MR) is 135 cm³/mol. The Morgan fingerprint density at radius 3 is 2.70 bits per heavy atom. The molecule has 37 heavy (non-hydrogen) atoms. The van der Waals surface area contributed by atoms with Crippen LogP contribution in [0.2, 0.25) is 5.02 Å². The van der Waals surface area contributed by atoms with Crippen molar-refractivity contribution in [3.63, 3.8) is 0 Å². The standard InChI is InChI=1S/C26H22ClF2N5O3/c27-18-12-20(25(32-15-18)34-22-10-8-16(13-30)14-31-22)33-23(35)11-9-17-4-3-7-21(37-26(28)29)24(17)36-19-5-1-2-6-19/h3-4,7-12,14-15,19,26H,1-2,5-6H2,(H,33,35)(H,31,32,34). The van der Waals surface area contributed by atoms with Gasteiger partial charge in [-0.05, 0) is 56.0 Å². The van der Waals surface area contributed by atoms with Crippen LogP contribution in [0.1, 0.15) is 36.8 Å². The van der Waals surface area contributed by atoms with Gasteiger partial charge in [-0.1, -0.05) is 23.7 Å². The monoisotopic (exact) mass is 525 g/mol. The summed E-state index contributed by atoms with van der Waals surface area (Å²) in [4.78, 5) is 21.1. The lowest BCUT2D eigenvalue weighted by Crippen LogP contribution is -2.14. The van der Waals surface area contributed by atoms with E-state index in [4.69, 9.17) is 21.6 Å². The maximum Gasteiger partial charge on any atom is 0.387 e. The number of ether oxygens (including phenoxy) is 2. The summed E-state index contributed by atoms with van der Waals surface area (Å²) in [5, 5.41) is 14.9. The van der Waals surface area contributed by atoms with E-state index in [2.05, 4.69) is 25.3 Å². The van der Waals surface area contributed by atoms with Crippen LogP contribution in [0.25, 0.3) is 6.08 Å². The number of aromatic nitrogens is 2. The molecule has 0 saturated heterocycles. The van der Waals surface area contributed by atoms with E-state index < -0.39 is 12.5 Å². The molecule has 3 aromatic rings. The zero-order valence-electron chi connectivity index (χ0n) is 19.5. The molecule has 0 spiro atoms. The molecule has 0 radical (unpaired) electrons. The first-order valence-electron chi connectivity index (χ1n) is 11.4. The van der Waals surface area contributed by atoms with Gasteiger partial charge in [-0.2, -0.15) is 14.0 Å². The van der Waals surface area contributed by atoms with E-state index in [1.807, 2.05) is 6.07 Å². The van der Waals surface area contributed by atoms with Crippen LogP contribution < -0.4 is 20.1 Å². The minimum atomic E-state index is -3.01. The molecular weight excluding hydrogens is 504 g/mol. The number of carbonyl (C=O) groups is 1. The number of hydrogen-bond donors (Lipinski definition) is 2. The van der Waals surface area contributed by atoms with Crippen molar-refractivity contribution in [2.75, 3.05) is 10.6 Å². The normalized spacial score (nSPS) is 13.5. The molecule has 11 heteroatoms. The quantitative estimate of drug-likeness (QED) is 0.314. The number of carbonyl (C=O) groups excluding carboxylic acids is 1. The lowest BCUT2D eigenvalue weighted by Gasteiger charge is -2.18. The first-order valence-corrected chi connectivity index (χ1v) is 11.8. The second kappa shape index (κ2) is 12.1. The van der Waals surface area contributed by atoms with E-state index in [1.54, 1.807) is 24.3 Å². The first kappa shape index (κ1) is 25.9. The largest absolute Gasteiger partial charge is 0.486 e. The Labute approximate surface area is 216 Å².